The molecule has 4 aromatic rings. The van der Waals surface area contributed by atoms with Crippen molar-refractivity contribution in [1.29, 1.82) is 0 Å². The highest BCUT2D eigenvalue weighted by Gasteiger charge is 2.29. The molecule has 1 aliphatic carbocycles. The lowest BCUT2D eigenvalue weighted by Crippen LogP contribution is -2.26. The second-order valence-electron chi connectivity index (χ2n) is 10.4. The lowest BCUT2D eigenvalue weighted by atomic mass is 9.91. The van der Waals surface area contributed by atoms with Crippen LogP contribution in [-0.4, -0.2) is 33.8 Å². The summed E-state index contributed by atoms with van der Waals surface area (Å²) in [5.74, 6) is 1.44. The average molecular weight is 565 g/mol. The van der Waals surface area contributed by atoms with E-state index < -0.39 is 0 Å². The number of methoxy groups -OCH3 is 3. The summed E-state index contributed by atoms with van der Waals surface area (Å²) in [6, 6.07) is 27.5. The van der Waals surface area contributed by atoms with Crippen LogP contribution in [-0.2, 0) is 11.2 Å². The predicted molar refractivity (Wildman–Crippen MR) is 166 cm³/mol. The van der Waals surface area contributed by atoms with Gasteiger partial charge in [-0.25, -0.2) is 0 Å². The Balaban J connectivity index is 1.62. The highest BCUT2D eigenvalue weighted by atomic mass is 16.5. The molecule has 1 atom stereocenters. The predicted octanol–water partition coefficient (Wildman–Crippen LogP) is 6.11. The third kappa shape index (κ3) is 5.81. The first-order valence-electron chi connectivity index (χ1n) is 14.1. The Morgan fingerprint density at radius 2 is 1.50 bits per heavy atom. The first-order chi connectivity index (χ1) is 20.4. The molecule has 0 radical (unpaired) electrons. The molecular weight excluding hydrogens is 528 g/mol. The zero-order valence-corrected chi connectivity index (χ0v) is 24.4. The van der Waals surface area contributed by atoms with Crippen LogP contribution >= 0.6 is 0 Å². The fourth-order valence-electron chi connectivity index (χ4n) is 5.86. The molecule has 2 N–H and O–H groups in total. The normalized spacial score (nSPS) is 13.8. The summed E-state index contributed by atoms with van der Waals surface area (Å²) in [6.45, 7) is 2.02. The zero-order chi connectivity index (χ0) is 29.6. The molecule has 0 saturated carbocycles. The van der Waals surface area contributed by atoms with E-state index in [0.29, 0.717) is 42.3 Å². The van der Waals surface area contributed by atoms with E-state index in [0.717, 1.165) is 33.4 Å². The van der Waals surface area contributed by atoms with Crippen LogP contribution in [0.25, 0.3) is 11.1 Å². The van der Waals surface area contributed by atoms with Gasteiger partial charge < -0.3 is 24.8 Å². The molecule has 7 nitrogen and oxygen atoms in total. The smallest absolute Gasteiger partial charge is 0.217 e. The molecule has 0 aliphatic heterocycles. The zero-order valence-electron chi connectivity index (χ0n) is 24.4. The number of benzene rings is 3. The molecule has 216 valence electrons. The van der Waals surface area contributed by atoms with Crippen LogP contribution in [0.1, 0.15) is 47.6 Å². The number of ether oxygens (including phenoxy) is 3. The Morgan fingerprint density at radius 3 is 2.07 bits per heavy atom. The van der Waals surface area contributed by atoms with E-state index in [-0.39, 0.29) is 23.3 Å². The highest BCUT2D eigenvalue weighted by Crippen LogP contribution is 2.50. The molecule has 1 aliphatic rings. The molecule has 5 rings (SSSR count). The standard InChI is InChI=1S/C35H36N2O5/c1-22(38)37-29-17-15-25-19-32(40-2)34(41-3)35(42-4)33(25)26-16-18-30(31(39)20-27(26)29)36-21-28(23-11-7-5-8-12-23)24-13-9-6-10-14-24/h5-14,16,18-20,28-29H,15,17,21H2,1-4H3,(H,36,39)(H,37,38). The average Bonchev–Trinajstić information content (AvgIpc) is 3.25. The summed E-state index contributed by atoms with van der Waals surface area (Å²) < 4.78 is 17.2. The SMILES string of the molecule is COc1cc2c(c(OC)c1OC)-c1ccc(NCC(c3ccccc3)c3ccccc3)c(=O)cc1C(NC(C)=O)CC2. The second kappa shape index (κ2) is 12.8. The molecular formula is C35H36N2O5. The van der Waals surface area contributed by atoms with E-state index >= 15 is 0 Å². The monoisotopic (exact) mass is 564 g/mol. The largest absolute Gasteiger partial charge is 0.493 e. The van der Waals surface area contributed by atoms with Gasteiger partial charge in [0.05, 0.1) is 33.1 Å². The molecule has 7 heteroatoms. The lowest BCUT2D eigenvalue weighted by molar-refractivity contribution is -0.119. The van der Waals surface area contributed by atoms with Crippen LogP contribution in [0.4, 0.5) is 5.69 Å². The summed E-state index contributed by atoms with van der Waals surface area (Å²) in [5.41, 5.74) is 5.97. The molecule has 4 aromatic carbocycles. The summed E-state index contributed by atoms with van der Waals surface area (Å²) in [6.07, 6.45) is 1.25. The van der Waals surface area contributed by atoms with Crippen molar-refractivity contribution in [3.05, 3.63) is 117 Å². The molecule has 0 heterocycles. The minimum Gasteiger partial charge on any atom is -0.493 e. The fraction of sp³-hybridized carbons (Fsp3) is 0.257. The van der Waals surface area contributed by atoms with Gasteiger partial charge in [0.15, 0.2) is 11.5 Å². The molecule has 0 spiro atoms. The van der Waals surface area contributed by atoms with E-state index in [9.17, 15) is 9.59 Å². The van der Waals surface area contributed by atoms with Crippen molar-refractivity contribution < 1.29 is 19.0 Å². The van der Waals surface area contributed by atoms with E-state index in [1.165, 1.54) is 6.92 Å². The fourth-order valence-corrected chi connectivity index (χ4v) is 5.86. The van der Waals surface area contributed by atoms with Gasteiger partial charge in [0.2, 0.25) is 17.1 Å². The number of rotatable bonds is 9. The Morgan fingerprint density at radius 1 is 0.857 bits per heavy atom. The van der Waals surface area contributed by atoms with Gasteiger partial charge in [0, 0.05) is 24.9 Å². The van der Waals surface area contributed by atoms with Crippen molar-refractivity contribution in [2.24, 2.45) is 0 Å². The lowest BCUT2D eigenvalue weighted by Gasteiger charge is -2.19. The Bertz CT molecular complexity index is 1580. The number of fused-ring (bicyclic) bond motifs is 3. The van der Waals surface area contributed by atoms with Gasteiger partial charge in [-0.1, -0.05) is 66.7 Å². The van der Waals surface area contributed by atoms with Crippen molar-refractivity contribution >= 4 is 11.6 Å². The van der Waals surface area contributed by atoms with Crippen molar-refractivity contribution in [2.75, 3.05) is 33.2 Å². The van der Waals surface area contributed by atoms with Gasteiger partial charge in [-0.3, -0.25) is 9.59 Å². The number of carbonyl (C=O) groups is 1. The minimum atomic E-state index is -0.360. The Kier molecular flexibility index (Phi) is 8.77. The number of hydrogen-bond donors (Lipinski definition) is 2. The summed E-state index contributed by atoms with van der Waals surface area (Å²) >= 11 is 0. The third-order valence-electron chi connectivity index (χ3n) is 7.82. The molecule has 0 saturated heterocycles. The molecule has 0 bridgehead atoms. The van der Waals surface area contributed by atoms with E-state index in [2.05, 4.69) is 34.9 Å². The van der Waals surface area contributed by atoms with Gasteiger partial charge in [-0.2, -0.15) is 0 Å². The highest BCUT2D eigenvalue weighted by molar-refractivity contribution is 5.83. The number of amides is 1. The number of aryl methyl sites for hydroxylation is 1. The van der Waals surface area contributed by atoms with E-state index in [4.69, 9.17) is 14.2 Å². The Labute approximate surface area is 246 Å². The molecule has 0 fully saturated rings. The Hall–Kier alpha value is -4.78. The van der Waals surface area contributed by atoms with Gasteiger partial charge in [0.25, 0.3) is 0 Å². The van der Waals surface area contributed by atoms with E-state index in [1.807, 2.05) is 54.6 Å². The number of hydrogen-bond acceptors (Lipinski definition) is 6. The topological polar surface area (TPSA) is 85.9 Å². The number of anilines is 1. The number of carbonyl (C=O) groups excluding carboxylic acids is 1. The summed E-state index contributed by atoms with van der Waals surface area (Å²) in [7, 11) is 4.76. The van der Waals surface area contributed by atoms with Crippen LogP contribution in [0.2, 0.25) is 0 Å². The maximum atomic E-state index is 13.8. The van der Waals surface area contributed by atoms with Gasteiger partial charge in [0.1, 0.15) is 0 Å². The van der Waals surface area contributed by atoms with Crippen molar-refractivity contribution in [3.63, 3.8) is 0 Å². The van der Waals surface area contributed by atoms with Crippen LogP contribution in [0, 0.1) is 0 Å². The van der Waals surface area contributed by atoms with Gasteiger partial charge in [-0.15, -0.1) is 0 Å². The third-order valence-corrected chi connectivity index (χ3v) is 7.82. The van der Waals surface area contributed by atoms with Crippen LogP contribution < -0.4 is 30.3 Å². The maximum Gasteiger partial charge on any atom is 0.217 e. The van der Waals surface area contributed by atoms with Gasteiger partial charge in [-0.05, 0) is 58.9 Å². The maximum absolute atomic E-state index is 13.8. The minimum absolute atomic E-state index is 0.0415. The summed E-state index contributed by atoms with van der Waals surface area (Å²) in [4.78, 5) is 26.0. The molecule has 1 unspecified atom stereocenters. The molecule has 1 amide bonds. The van der Waals surface area contributed by atoms with Crippen molar-refractivity contribution in [3.8, 4) is 28.4 Å². The first-order valence-corrected chi connectivity index (χ1v) is 14.1. The van der Waals surface area contributed by atoms with Crippen molar-refractivity contribution in [1.82, 2.24) is 5.32 Å². The first kappa shape index (κ1) is 28.7. The van der Waals surface area contributed by atoms with Crippen LogP contribution in [0.5, 0.6) is 17.2 Å². The summed E-state index contributed by atoms with van der Waals surface area (Å²) in [5, 5.41) is 6.50. The number of nitrogens with one attached hydrogen (secondary N) is 2. The van der Waals surface area contributed by atoms with Crippen LogP contribution in [0.15, 0.2) is 89.7 Å². The van der Waals surface area contributed by atoms with E-state index in [1.54, 1.807) is 27.4 Å². The van der Waals surface area contributed by atoms with Crippen LogP contribution in [0.3, 0.4) is 0 Å². The second-order valence-corrected chi connectivity index (χ2v) is 10.4. The quantitative estimate of drug-likeness (QED) is 0.255. The molecule has 0 aromatic heterocycles. The van der Waals surface area contributed by atoms with Crippen molar-refractivity contribution in [2.45, 2.75) is 31.7 Å². The molecule has 42 heavy (non-hydrogen) atoms. The van der Waals surface area contributed by atoms with Gasteiger partial charge >= 0.3 is 0 Å².